The molecule has 0 aliphatic heterocycles. The molecule has 1 heterocycles. The summed E-state index contributed by atoms with van der Waals surface area (Å²) >= 11 is 0. The molecule has 0 aliphatic carbocycles. The Bertz CT molecular complexity index is 397. The Morgan fingerprint density at radius 1 is 1.57 bits per heavy atom. The first-order valence-electron chi connectivity index (χ1n) is 4.34. The van der Waals surface area contributed by atoms with Gasteiger partial charge in [0.1, 0.15) is 0 Å². The third-order valence-electron chi connectivity index (χ3n) is 1.82. The SMILES string of the molecule is CC(C)n1cc(CCS(=O)(=O)Cl)cn1. The predicted octanol–water partition coefficient (Wildman–Crippen LogP) is 1.58. The highest BCUT2D eigenvalue weighted by Gasteiger charge is 2.07. The lowest BCUT2D eigenvalue weighted by atomic mass is 10.3. The van der Waals surface area contributed by atoms with Gasteiger partial charge in [0.2, 0.25) is 9.05 Å². The van der Waals surface area contributed by atoms with E-state index in [1.165, 1.54) is 0 Å². The zero-order chi connectivity index (χ0) is 10.8. The van der Waals surface area contributed by atoms with E-state index in [9.17, 15) is 8.42 Å². The maximum Gasteiger partial charge on any atom is 0.232 e. The molecule has 0 fully saturated rings. The minimum absolute atomic E-state index is 0.0433. The van der Waals surface area contributed by atoms with Gasteiger partial charge < -0.3 is 0 Å². The topological polar surface area (TPSA) is 52.0 Å². The van der Waals surface area contributed by atoms with Crippen LogP contribution in [0.15, 0.2) is 12.4 Å². The average molecular weight is 237 g/mol. The summed E-state index contributed by atoms with van der Waals surface area (Å²) in [5.74, 6) is -0.0433. The highest BCUT2D eigenvalue weighted by Crippen LogP contribution is 2.08. The summed E-state index contributed by atoms with van der Waals surface area (Å²) in [6.45, 7) is 4.02. The van der Waals surface area contributed by atoms with Gasteiger partial charge in [-0.2, -0.15) is 5.10 Å². The van der Waals surface area contributed by atoms with Crippen LogP contribution in [0, 0.1) is 0 Å². The van der Waals surface area contributed by atoms with Crippen molar-refractivity contribution in [2.24, 2.45) is 0 Å². The van der Waals surface area contributed by atoms with Gasteiger partial charge in [0.05, 0.1) is 11.9 Å². The molecule has 0 amide bonds. The number of rotatable bonds is 4. The van der Waals surface area contributed by atoms with Gasteiger partial charge in [0.25, 0.3) is 0 Å². The molecular formula is C8H13ClN2O2S. The standard InChI is InChI=1S/C8H13ClN2O2S/c1-7(2)11-6-8(5-10-11)3-4-14(9,12)13/h5-7H,3-4H2,1-2H3. The third kappa shape index (κ3) is 3.67. The molecule has 14 heavy (non-hydrogen) atoms. The molecule has 0 atom stereocenters. The van der Waals surface area contributed by atoms with Crippen LogP contribution in [0.3, 0.4) is 0 Å². The summed E-state index contributed by atoms with van der Waals surface area (Å²) in [7, 11) is 1.70. The Hall–Kier alpha value is -0.550. The monoisotopic (exact) mass is 236 g/mol. The summed E-state index contributed by atoms with van der Waals surface area (Å²) in [6, 6.07) is 0.288. The van der Waals surface area contributed by atoms with Crippen molar-refractivity contribution in [1.82, 2.24) is 9.78 Å². The summed E-state index contributed by atoms with van der Waals surface area (Å²) in [4.78, 5) is 0. The maximum absolute atomic E-state index is 10.7. The van der Waals surface area contributed by atoms with Crippen molar-refractivity contribution in [3.8, 4) is 0 Å². The molecule has 4 nitrogen and oxygen atoms in total. The smallest absolute Gasteiger partial charge is 0.232 e. The number of hydrogen-bond donors (Lipinski definition) is 0. The van der Waals surface area contributed by atoms with Crippen molar-refractivity contribution in [3.05, 3.63) is 18.0 Å². The van der Waals surface area contributed by atoms with E-state index in [4.69, 9.17) is 10.7 Å². The van der Waals surface area contributed by atoms with Crippen LogP contribution in [0.25, 0.3) is 0 Å². The van der Waals surface area contributed by atoms with Crippen LogP contribution in [0.4, 0.5) is 0 Å². The van der Waals surface area contributed by atoms with Crippen molar-refractivity contribution in [2.45, 2.75) is 26.3 Å². The summed E-state index contributed by atoms with van der Waals surface area (Å²) in [5, 5.41) is 4.10. The van der Waals surface area contributed by atoms with Gasteiger partial charge >= 0.3 is 0 Å². The molecule has 0 unspecified atom stereocenters. The van der Waals surface area contributed by atoms with Crippen molar-refractivity contribution in [2.75, 3.05) is 5.75 Å². The van der Waals surface area contributed by atoms with Gasteiger partial charge in [-0.3, -0.25) is 4.68 Å². The number of halogens is 1. The van der Waals surface area contributed by atoms with Gasteiger partial charge in [-0.25, -0.2) is 8.42 Å². The molecule has 1 rings (SSSR count). The fraction of sp³-hybridized carbons (Fsp3) is 0.625. The van der Waals surface area contributed by atoms with E-state index in [0.29, 0.717) is 6.42 Å². The van der Waals surface area contributed by atoms with E-state index in [1.54, 1.807) is 10.9 Å². The van der Waals surface area contributed by atoms with Crippen molar-refractivity contribution in [1.29, 1.82) is 0 Å². The van der Waals surface area contributed by atoms with Gasteiger partial charge in [-0.15, -0.1) is 0 Å². The van der Waals surface area contributed by atoms with E-state index < -0.39 is 9.05 Å². The fourth-order valence-corrected chi connectivity index (χ4v) is 1.74. The minimum atomic E-state index is -3.40. The molecule has 0 N–H and O–H groups in total. The summed E-state index contributed by atoms with van der Waals surface area (Å²) in [6.07, 6.45) is 3.92. The lowest BCUT2D eigenvalue weighted by Gasteiger charge is -2.02. The molecule has 0 spiro atoms. The second-order valence-corrected chi connectivity index (χ2v) is 6.31. The molecule has 1 aromatic rings. The molecule has 0 saturated carbocycles. The first-order valence-corrected chi connectivity index (χ1v) is 6.81. The lowest BCUT2D eigenvalue weighted by molar-refractivity contribution is 0.532. The average Bonchev–Trinajstić information content (AvgIpc) is 2.47. The van der Waals surface area contributed by atoms with Gasteiger partial charge in [0.15, 0.2) is 0 Å². The normalized spacial score (nSPS) is 12.3. The quantitative estimate of drug-likeness (QED) is 0.746. The zero-order valence-electron chi connectivity index (χ0n) is 8.14. The molecule has 0 bridgehead atoms. The van der Waals surface area contributed by atoms with Crippen LogP contribution >= 0.6 is 10.7 Å². The molecule has 0 aromatic carbocycles. The molecule has 0 aliphatic rings. The third-order valence-corrected chi connectivity index (χ3v) is 2.97. The Morgan fingerprint density at radius 2 is 2.21 bits per heavy atom. The van der Waals surface area contributed by atoms with Crippen LogP contribution in [0.2, 0.25) is 0 Å². The first kappa shape index (κ1) is 11.5. The Balaban J connectivity index is 2.61. The number of hydrogen-bond acceptors (Lipinski definition) is 3. The van der Waals surface area contributed by atoms with Gasteiger partial charge in [-0.1, -0.05) is 0 Å². The fourth-order valence-electron chi connectivity index (χ4n) is 1.03. The summed E-state index contributed by atoms with van der Waals surface area (Å²) in [5.41, 5.74) is 0.892. The predicted molar refractivity (Wildman–Crippen MR) is 56.0 cm³/mol. The number of aromatic nitrogens is 2. The molecule has 0 saturated heterocycles. The van der Waals surface area contributed by atoms with Crippen molar-refractivity contribution >= 4 is 19.7 Å². The second kappa shape index (κ2) is 4.31. The van der Waals surface area contributed by atoms with E-state index in [-0.39, 0.29) is 11.8 Å². The molecule has 0 radical (unpaired) electrons. The summed E-state index contributed by atoms with van der Waals surface area (Å²) < 4.78 is 23.2. The van der Waals surface area contributed by atoms with Crippen molar-refractivity contribution in [3.63, 3.8) is 0 Å². The van der Waals surface area contributed by atoms with E-state index in [0.717, 1.165) is 5.56 Å². The Labute approximate surface area is 88.3 Å². The Morgan fingerprint density at radius 3 is 2.64 bits per heavy atom. The van der Waals surface area contributed by atoms with Crippen LogP contribution in [0.1, 0.15) is 25.5 Å². The van der Waals surface area contributed by atoms with Gasteiger partial charge in [0, 0.05) is 22.9 Å². The largest absolute Gasteiger partial charge is 0.270 e. The molecule has 80 valence electrons. The second-order valence-electron chi connectivity index (χ2n) is 3.42. The molecular weight excluding hydrogens is 224 g/mol. The Kier molecular flexibility index (Phi) is 3.55. The zero-order valence-corrected chi connectivity index (χ0v) is 9.72. The highest BCUT2D eigenvalue weighted by molar-refractivity contribution is 8.13. The van der Waals surface area contributed by atoms with E-state index in [2.05, 4.69) is 5.10 Å². The molecule has 6 heteroatoms. The minimum Gasteiger partial charge on any atom is -0.270 e. The maximum atomic E-state index is 10.7. The van der Waals surface area contributed by atoms with Gasteiger partial charge in [-0.05, 0) is 25.8 Å². The van der Waals surface area contributed by atoms with Crippen LogP contribution < -0.4 is 0 Å². The van der Waals surface area contributed by atoms with Crippen LogP contribution in [-0.4, -0.2) is 24.0 Å². The highest BCUT2D eigenvalue weighted by atomic mass is 35.7. The first-order chi connectivity index (χ1) is 6.38. The van der Waals surface area contributed by atoms with Crippen molar-refractivity contribution < 1.29 is 8.42 Å². The van der Waals surface area contributed by atoms with Crippen LogP contribution in [-0.2, 0) is 15.5 Å². The lowest BCUT2D eigenvalue weighted by Crippen LogP contribution is -2.01. The van der Waals surface area contributed by atoms with E-state index >= 15 is 0 Å². The number of nitrogens with zero attached hydrogens (tertiary/aromatic N) is 2. The van der Waals surface area contributed by atoms with Crippen LogP contribution in [0.5, 0.6) is 0 Å². The number of aryl methyl sites for hydroxylation is 1. The van der Waals surface area contributed by atoms with E-state index in [1.807, 2.05) is 20.0 Å². The molecule has 1 aromatic heterocycles.